The number of benzene rings is 2. The molecular formula is C23H26N4O4S. The minimum atomic E-state index is -3.78. The maximum atomic E-state index is 12.9. The third kappa shape index (κ3) is 5.93. The lowest BCUT2D eigenvalue weighted by Gasteiger charge is -2.30. The molecule has 9 heteroatoms. The van der Waals surface area contributed by atoms with E-state index in [2.05, 4.69) is 10.6 Å². The van der Waals surface area contributed by atoms with Crippen molar-refractivity contribution in [1.82, 2.24) is 14.9 Å². The highest BCUT2D eigenvalue weighted by Gasteiger charge is 2.33. The van der Waals surface area contributed by atoms with Gasteiger partial charge in [-0.1, -0.05) is 42.5 Å². The van der Waals surface area contributed by atoms with Gasteiger partial charge in [0.2, 0.25) is 21.8 Å². The van der Waals surface area contributed by atoms with Gasteiger partial charge in [-0.05, 0) is 30.5 Å². The number of carbonyl (C=O) groups excluding carboxylic acids is 2. The van der Waals surface area contributed by atoms with E-state index in [1.807, 2.05) is 36.4 Å². The molecule has 2 amide bonds. The van der Waals surface area contributed by atoms with Crippen LogP contribution in [0.5, 0.6) is 0 Å². The SMILES string of the molecule is N#Cc1ccccc1S(=O)(=O)N1CCC(C(=O)NCCNC(=O)Cc2ccccc2)CC1. The monoisotopic (exact) mass is 454 g/mol. The third-order valence-corrected chi connectivity index (χ3v) is 7.36. The number of carbonyl (C=O) groups is 2. The van der Waals surface area contributed by atoms with Crippen LogP contribution in [0.15, 0.2) is 59.5 Å². The molecule has 0 bridgehead atoms. The van der Waals surface area contributed by atoms with Crippen LogP contribution in [0.25, 0.3) is 0 Å². The fourth-order valence-corrected chi connectivity index (χ4v) is 5.27. The minimum absolute atomic E-state index is 0.00311. The second-order valence-electron chi connectivity index (χ2n) is 7.59. The summed E-state index contributed by atoms with van der Waals surface area (Å²) in [6.07, 6.45) is 1.09. The summed E-state index contributed by atoms with van der Waals surface area (Å²) >= 11 is 0. The van der Waals surface area contributed by atoms with Crippen LogP contribution in [0.2, 0.25) is 0 Å². The van der Waals surface area contributed by atoms with Crippen molar-refractivity contribution in [3.05, 3.63) is 65.7 Å². The molecule has 1 heterocycles. The largest absolute Gasteiger partial charge is 0.354 e. The summed E-state index contributed by atoms with van der Waals surface area (Å²) in [6.45, 7) is 1.07. The Morgan fingerprint density at radius 3 is 2.28 bits per heavy atom. The Bertz CT molecular complexity index is 1090. The van der Waals surface area contributed by atoms with Crippen LogP contribution < -0.4 is 10.6 Å². The van der Waals surface area contributed by atoms with E-state index in [4.69, 9.17) is 0 Å². The number of amides is 2. The summed E-state index contributed by atoms with van der Waals surface area (Å²) in [4.78, 5) is 24.4. The first-order valence-electron chi connectivity index (χ1n) is 10.5. The molecule has 0 spiro atoms. The van der Waals surface area contributed by atoms with E-state index in [-0.39, 0.29) is 47.7 Å². The molecule has 1 aliphatic rings. The molecule has 32 heavy (non-hydrogen) atoms. The maximum absolute atomic E-state index is 12.9. The Hall–Kier alpha value is -3.22. The van der Waals surface area contributed by atoms with E-state index in [9.17, 15) is 23.3 Å². The van der Waals surface area contributed by atoms with E-state index >= 15 is 0 Å². The Kier molecular flexibility index (Phi) is 7.98. The molecule has 0 radical (unpaired) electrons. The molecule has 2 aromatic rings. The Labute approximate surface area is 188 Å². The van der Waals surface area contributed by atoms with E-state index < -0.39 is 10.0 Å². The van der Waals surface area contributed by atoms with Gasteiger partial charge < -0.3 is 10.6 Å². The van der Waals surface area contributed by atoms with E-state index in [1.165, 1.54) is 16.4 Å². The predicted octanol–water partition coefficient (Wildman–Crippen LogP) is 1.43. The lowest BCUT2D eigenvalue weighted by atomic mass is 9.97. The molecular weight excluding hydrogens is 428 g/mol. The van der Waals surface area contributed by atoms with E-state index in [0.717, 1.165) is 5.56 Å². The number of nitrogens with zero attached hydrogens (tertiary/aromatic N) is 2. The van der Waals surface area contributed by atoms with Gasteiger partial charge in [0.15, 0.2) is 0 Å². The van der Waals surface area contributed by atoms with Crippen LogP contribution in [0, 0.1) is 17.2 Å². The topological polar surface area (TPSA) is 119 Å². The summed E-state index contributed by atoms with van der Waals surface area (Å²) in [5, 5.41) is 14.8. The normalized spacial score (nSPS) is 15.0. The van der Waals surface area contributed by atoms with Crippen LogP contribution in [-0.4, -0.2) is 50.7 Å². The Morgan fingerprint density at radius 1 is 0.969 bits per heavy atom. The smallest absolute Gasteiger partial charge is 0.244 e. The van der Waals surface area contributed by atoms with Gasteiger partial charge in [0.05, 0.1) is 16.9 Å². The number of piperidine rings is 1. The van der Waals surface area contributed by atoms with Crippen molar-refractivity contribution in [2.45, 2.75) is 24.2 Å². The molecule has 8 nitrogen and oxygen atoms in total. The molecule has 1 fully saturated rings. The van der Waals surface area contributed by atoms with Gasteiger partial charge >= 0.3 is 0 Å². The fourth-order valence-electron chi connectivity index (χ4n) is 3.66. The van der Waals surface area contributed by atoms with Gasteiger partial charge in [-0.25, -0.2) is 8.42 Å². The van der Waals surface area contributed by atoms with Crippen LogP contribution in [-0.2, 0) is 26.0 Å². The number of hydrogen-bond donors (Lipinski definition) is 2. The van der Waals surface area contributed by atoms with Gasteiger partial charge in [-0.3, -0.25) is 9.59 Å². The summed E-state index contributed by atoms with van der Waals surface area (Å²) in [6, 6.07) is 17.4. The van der Waals surface area contributed by atoms with Crippen LogP contribution in [0.4, 0.5) is 0 Å². The first kappa shape index (κ1) is 23.4. The highest BCUT2D eigenvalue weighted by atomic mass is 32.2. The highest BCUT2D eigenvalue weighted by Crippen LogP contribution is 2.25. The first-order valence-corrected chi connectivity index (χ1v) is 11.9. The summed E-state index contributed by atoms with van der Waals surface area (Å²) in [5.41, 5.74) is 1.04. The van der Waals surface area contributed by atoms with Crippen molar-refractivity contribution < 1.29 is 18.0 Å². The Balaban J connectivity index is 1.41. The zero-order chi connectivity index (χ0) is 23.0. The van der Waals surface area contributed by atoms with Crippen molar-refractivity contribution in [3.63, 3.8) is 0 Å². The second-order valence-corrected chi connectivity index (χ2v) is 9.50. The molecule has 168 valence electrons. The third-order valence-electron chi connectivity index (χ3n) is 5.40. The fraction of sp³-hybridized carbons (Fsp3) is 0.348. The molecule has 2 N–H and O–H groups in total. The second kappa shape index (κ2) is 10.9. The number of nitrogens with one attached hydrogen (secondary N) is 2. The van der Waals surface area contributed by atoms with Gasteiger partial charge in [0.1, 0.15) is 6.07 Å². The van der Waals surface area contributed by atoms with Gasteiger partial charge in [-0.15, -0.1) is 0 Å². The van der Waals surface area contributed by atoms with Gasteiger partial charge in [0, 0.05) is 32.1 Å². The average molecular weight is 455 g/mol. The standard InChI is InChI=1S/C23H26N4O4S/c24-17-20-8-4-5-9-21(20)32(30,31)27-14-10-19(11-15-27)23(29)26-13-12-25-22(28)16-18-6-2-1-3-7-18/h1-9,19H,10-16H2,(H,25,28)(H,26,29). The molecule has 3 rings (SSSR count). The van der Waals surface area contributed by atoms with Crippen molar-refractivity contribution in [3.8, 4) is 6.07 Å². The molecule has 0 saturated carbocycles. The number of rotatable bonds is 8. The molecule has 0 unspecified atom stereocenters. The predicted molar refractivity (Wildman–Crippen MR) is 119 cm³/mol. The minimum Gasteiger partial charge on any atom is -0.354 e. The molecule has 1 aliphatic heterocycles. The highest BCUT2D eigenvalue weighted by molar-refractivity contribution is 7.89. The van der Waals surface area contributed by atoms with Crippen LogP contribution in [0.3, 0.4) is 0 Å². The van der Waals surface area contributed by atoms with Gasteiger partial charge in [-0.2, -0.15) is 9.57 Å². The number of hydrogen-bond acceptors (Lipinski definition) is 5. The quantitative estimate of drug-likeness (QED) is 0.585. The maximum Gasteiger partial charge on any atom is 0.244 e. The first-order chi connectivity index (χ1) is 15.4. The number of nitriles is 1. The van der Waals surface area contributed by atoms with Crippen molar-refractivity contribution in [2.75, 3.05) is 26.2 Å². The molecule has 0 aliphatic carbocycles. The lowest BCUT2D eigenvalue weighted by molar-refractivity contribution is -0.126. The van der Waals surface area contributed by atoms with Crippen molar-refractivity contribution >= 4 is 21.8 Å². The van der Waals surface area contributed by atoms with E-state index in [0.29, 0.717) is 25.9 Å². The average Bonchev–Trinajstić information content (AvgIpc) is 2.82. The molecule has 1 saturated heterocycles. The molecule has 0 atom stereocenters. The van der Waals surface area contributed by atoms with Crippen molar-refractivity contribution in [2.24, 2.45) is 5.92 Å². The summed E-state index contributed by atoms with van der Waals surface area (Å²) in [7, 11) is -3.78. The lowest BCUT2D eigenvalue weighted by Crippen LogP contribution is -2.44. The van der Waals surface area contributed by atoms with Crippen molar-refractivity contribution in [1.29, 1.82) is 5.26 Å². The zero-order valence-corrected chi connectivity index (χ0v) is 18.5. The van der Waals surface area contributed by atoms with Crippen LogP contribution >= 0.6 is 0 Å². The van der Waals surface area contributed by atoms with E-state index in [1.54, 1.807) is 12.1 Å². The Morgan fingerprint density at radius 2 is 1.59 bits per heavy atom. The zero-order valence-electron chi connectivity index (χ0n) is 17.7. The number of sulfonamides is 1. The van der Waals surface area contributed by atoms with Gasteiger partial charge in [0.25, 0.3) is 0 Å². The van der Waals surface area contributed by atoms with Crippen LogP contribution in [0.1, 0.15) is 24.0 Å². The molecule has 2 aromatic carbocycles. The summed E-state index contributed by atoms with van der Waals surface area (Å²) < 4.78 is 27.1. The summed E-state index contributed by atoms with van der Waals surface area (Å²) in [5.74, 6) is -0.536. The molecule has 0 aromatic heterocycles.